The predicted octanol–water partition coefficient (Wildman–Crippen LogP) is 3.66. The number of carbonyl (C=O) groups excluding carboxylic acids is 1. The molecule has 4 rings (SSSR count). The fourth-order valence-corrected chi connectivity index (χ4v) is 5.56. The number of sulfonamides is 1. The number of fused-ring (bicyclic) bond motifs is 1. The molecular formula is C24H27ClF3N5O4S. The molecule has 2 heterocycles. The molecule has 2 amide bonds. The summed E-state index contributed by atoms with van der Waals surface area (Å²) in [6, 6.07) is 8.97. The molecule has 1 unspecified atom stereocenters. The SMILES string of the molecule is CNC(=O)N1N=C(c2ccc(N3CCN(S(C)(=O)=O)CC3)cc2)c2cc(Cl)c(OC(F)(F)F)cc2CC1C. The third-order valence-electron chi connectivity index (χ3n) is 6.41. The van der Waals surface area contributed by atoms with Gasteiger partial charge in [0.2, 0.25) is 10.0 Å². The van der Waals surface area contributed by atoms with E-state index >= 15 is 0 Å². The number of benzene rings is 2. The first-order valence-electron chi connectivity index (χ1n) is 11.8. The van der Waals surface area contributed by atoms with Crippen LogP contribution in [0.15, 0.2) is 41.5 Å². The van der Waals surface area contributed by atoms with Crippen molar-refractivity contribution in [3.63, 3.8) is 0 Å². The van der Waals surface area contributed by atoms with Gasteiger partial charge in [0, 0.05) is 50.0 Å². The second-order valence-electron chi connectivity index (χ2n) is 9.09. The first-order chi connectivity index (χ1) is 17.8. The van der Waals surface area contributed by atoms with Gasteiger partial charge in [-0.05, 0) is 43.2 Å². The van der Waals surface area contributed by atoms with Crippen LogP contribution < -0.4 is 15.0 Å². The molecule has 2 aromatic carbocycles. The molecule has 1 fully saturated rings. The number of anilines is 1. The smallest absolute Gasteiger partial charge is 0.404 e. The Labute approximate surface area is 223 Å². The molecule has 0 radical (unpaired) electrons. The van der Waals surface area contributed by atoms with Crippen LogP contribution in [0.1, 0.15) is 23.6 Å². The van der Waals surface area contributed by atoms with E-state index in [9.17, 15) is 26.4 Å². The fraction of sp³-hybridized carbons (Fsp3) is 0.417. The molecule has 9 nitrogen and oxygen atoms in total. The van der Waals surface area contributed by atoms with Crippen molar-refractivity contribution in [1.29, 1.82) is 0 Å². The van der Waals surface area contributed by atoms with Gasteiger partial charge in [-0.1, -0.05) is 23.7 Å². The monoisotopic (exact) mass is 573 g/mol. The van der Waals surface area contributed by atoms with Crippen molar-refractivity contribution in [3.05, 3.63) is 58.1 Å². The van der Waals surface area contributed by atoms with E-state index in [0.29, 0.717) is 48.6 Å². The summed E-state index contributed by atoms with van der Waals surface area (Å²) in [5.41, 5.74) is 2.83. The summed E-state index contributed by atoms with van der Waals surface area (Å²) in [6.45, 7) is 3.54. The topological polar surface area (TPSA) is 94.5 Å². The van der Waals surface area contributed by atoms with Crippen LogP contribution in [0.2, 0.25) is 5.02 Å². The van der Waals surface area contributed by atoms with Gasteiger partial charge in [0.05, 0.1) is 23.0 Å². The highest BCUT2D eigenvalue weighted by Gasteiger charge is 2.34. The second kappa shape index (κ2) is 10.6. The van der Waals surface area contributed by atoms with Crippen molar-refractivity contribution in [2.75, 3.05) is 44.4 Å². The van der Waals surface area contributed by atoms with Crippen molar-refractivity contribution in [3.8, 4) is 5.75 Å². The fourth-order valence-electron chi connectivity index (χ4n) is 4.53. The molecule has 0 aromatic heterocycles. The Morgan fingerprint density at radius 1 is 1.13 bits per heavy atom. The zero-order valence-electron chi connectivity index (χ0n) is 20.9. The molecule has 1 atom stereocenters. The first kappa shape index (κ1) is 28.0. The highest BCUT2D eigenvalue weighted by Crippen LogP contribution is 2.36. The van der Waals surface area contributed by atoms with Crippen LogP contribution in [0.3, 0.4) is 0 Å². The number of hydrogen-bond acceptors (Lipinski definition) is 6. The largest absolute Gasteiger partial charge is 0.573 e. The average molecular weight is 574 g/mol. The highest BCUT2D eigenvalue weighted by molar-refractivity contribution is 7.88. The third kappa shape index (κ3) is 6.16. The summed E-state index contributed by atoms with van der Waals surface area (Å²) in [5.74, 6) is -0.526. The minimum absolute atomic E-state index is 0.212. The van der Waals surface area contributed by atoms with Crippen molar-refractivity contribution in [2.24, 2.45) is 5.10 Å². The average Bonchev–Trinajstić information content (AvgIpc) is 2.98. The Balaban J connectivity index is 1.70. The lowest BCUT2D eigenvalue weighted by molar-refractivity contribution is -0.274. The van der Waals surface area contributed by atoms with Gasteiger partial charge in [-0.15, -0.1) is 13.2 Å². The molecule has 0 saturated carbocycles. The molecule has 38 heavy (non-hydrogen) atoms. The Bertz CT molecular complexity index is 1340. The number of amides is 2. The van der Waals surface area contributed by atoms with E-state index in [4.69, 9.17) is 11.6 Å². The maximum Gasteiger partial charge on any atom is 0.573 e. The van der Waals surface area contributed by atoms with Crippen LogP contribution in [0.5, 0.6) is 5.75 Å². The van der Waals surface area contributed by atoms with Crippen molar-refractivity contribution < 1.29 is 31.1 Å². The van der Waals surface area contributed by atoms with Crippen LogP contribution in [0.25, 0.3) is 0 Å². The van der Waals surface area contributed by atoms with Crippen LogP contribution >= 0.6 is 11.6 Å². The molecule has 1 N–H and O–H groups in total. The second-order valence-corrected chi connectivity index (χ2v) is 11.5. The Morgan fingerprint density at radius 2 is 1.76 bits per heavy atom. The standard InChI is InChI=1S/C24H27ClF3N5O4S/c1-15-12-17-13-21(37-24(26,27)28)20(25)14-19(17)22(30-33(15)23(34)29-2)16-4-6-18(7-5-16)31-8-10-32(11-9-31)38(3,35)36/h4-7,13-15H,8-12H2,1-3H3,(H,29,34). The van der Waals surface area contributed by atoms with E-state index in [0.717, 1.165) is 5.69 Å². The Hall–Kier alpha value is -3.03. The summed E-state index contributed by atoms with van der Waals surface area (Å²) in [7, 11) is -1.78. The van der Waals surface area contributed by atoms with Crippen LogP contribution in [-0.4, -0.2) is 81.4 Å². The van der Waals surface area contributed by atoms with E-state index in [2.05, 4.69) is 20.1 Å². The maximum absolute atomic E-state index is 12.9. The third-order valence-corrected chi connectivity index (χ3v) is 8.01. The molecule has 2 aromatic rings. The number of carbonyl (C=O) groups is 1. The first-order valence-corrected chi connectivity index (χ1v) is 14.0. The number of hydrogen-bond donors (Lipinski definition) is 1. The maximum atomic E-state index is 12.9. The normalized spacial score (nSPS) is 18.9. The van der Waals surface area contributed by atoms with Gasteiger partial charge in [-0.2, -0.15) is 9.41 Å². The summed E-state index contributed by atoms with van der Waals surface area (Å²) in [4.78, 5) is 14.7. The van der Waals surface area contributed by atoms with Crippen LogP contribution in [0.4, 0.5) is 23.7 Å². The molecule has 0 aliphatic carbocycles. The quantitative estimate of drug-likeness (QED) is 0.602. The molecule has 2 aliphatic heterocycles. The molecule has 2 aliphatic rings. The Kier molecular flexibility index (Phi) is 7.82. The number of alkyl halides is 3. The minimum Gasteiger partial charge on any atom is -0.404 e. The van der Waals surface area contributed by atoms with Crippen molar-refractivity contribution in [2.45, 2.75) is 25.7 Å². The summed E-state index contributed by atoms with van der Waals surface area (Å²) in [5, 5.41) is 8.15. The minimum atomic E-state index is -4.91. The van der Waals surface area contributed by atoms with E-state index in [-0.39, 0.29) is 11.4 Å². The van der Waals surface area contributed by atoms with Crippen molar-refractivity contribution >= 4 is 39.1 Å². The molecule has 1 saturated heterocycles. The lowest BCUT2D eigenvalue weighted by Gasteiger charge is -2.34. The number of nitrogens with zero attached hydrogens (tertiary/aromatic N) is 4. The van der Waals surface area contributed by atoms with E-state index < -0.39 is 34.2 Å². The van der Waals surface area contributed by atoms with Gasteiger partial charge in [-0.3, -0.25) is 0 Å². The van der Waals surface area contributed by atoms with E-state index in [1.54, 1.807) is 19.1 Å². The number of nitrogens with one attached hydrogen (secondary N) is 1. The zero-order chi connectivity index (χ0) is 27.8. The van der Waals surface area contributed by atoms with Gasteiger partial charge < -0.3 is 15.0 Å². The predicted molar refractivity (Wildman–Crippen MR) is 138 cm³/mol. The lowest BCUT2D eigenvalue weighted by atomic mass is 9.94. The molecule has 0 spiro atoms. The number of piperazine rings is 1. The number of rotatable bonds is 4. The van der Waals surface area contributed by atoms with Crippen LogP contribution in [0, 0.1) is 0 Å². The number of ether oxygens (including phenoxy) is 1. The summed E-state index contributed by atoms with van der Waals surface area (Å²) in [6.07, 6.45) is -3.51. The van der Waals surface area contributed by atoms with E-state index in [1.807, 2.05) is 12.1 Å². The Morgan fingerprint density at radius 3 is 2.32 bits per heavy atom. The van der Waals surface area contributed by atoms with Gasteiger partial charge in [0.15, 0.2) is 0 Å². The van der Waals surface area contributed by atoms with Crippen molar-refractivity contribution in [1.82, 2.24) is 14.6 Å². The van der Waals surface area contributed by atoms with Gasteiger partial charge >= 0.3 is 12.4 Å². The lowest BCUT2D eigenvalue weighted by Crippen LogP contribution is -2.48. The molecule has 206 valence electrons. The van der Waals surface area contributed by atoms with Gasteiger partial charge in [0.1, 0.15) is 5.75 Å². The van der Waals surface area contributed by atoms with Gasteiger partial charge in [-0.25, -0.2) is 18.2 Å². The summed E-state index contributed by atoms with van der Waals surface area (Å²) < 4.78 is 67.9. The highest BCUT2D eigenvalue weighted by atomic mass is 35.5. The number of halogens is 4. The molecule has 14 heteroatoms. The zero-order valence-corrected chi connectivity index (χ0v) is 22.5. The number of urea groups is 1. The van der Waals surface area contributed by atoms with Crippen LogP contribution in [-0.2, 0) is 16.4 Å². The van der Waals surface area contributed by atoms with E-state index in [1.165, 1.54) is 34.8 Å². The summed E-state index contributed by atoms with van der Waals surface area (Å²) >= 11 is 6.18. The molecule has 0 bridgehead atoms. The van der Waals surface area contributed by atoms with Gasteiger partial charge in [0.25, 0.3) is 0 Å². The molecular weight excluding hydrogens is 547 g/mol. The number of hydrazone groups is 1.